The van der Waals surface area contributed by atoms with Gasteiger partial charge in [-0.25, -0.2) is 4.98 Å². The summed E-state index contributed by atoms with van der Waals surface area (Å²) >= 11 is 1.24. The van der Waals surface area contributed by atoms with E-state index in [9.17, 15) is 10.5 Å². The molecule has 0 amide bonds. The molecule has 0 unspecified atom stereocenters. The van der Waals surface area contributed by atoms with Crippen molar-refractivity contribution in [2.75, 3.05) is 18.6 Å². The molecule has 0 spiro atoms. The Kier molecular flexibility index (Phi) is 5.16. The molecular weight excluding hydrogens is 358 g/mol. The lowest BCUT2D eigenvalue weighted by atomic mass is 9.97. The molecule has 0 atom stereocenters. The van der Waals surface area contributed by atoms with Crippen molar-refractivity contribution in [3.63, 3.8) is 0 Å². The molecule has 0 fully saturated rings. The Hall–Kier alpha value is -3.68. The van der Waals surface area contributed by atoms with Crippen LogP contribution in [-0.2, 0) is 0 Å². The van der Waals surface area contributed by atoms with Crippen LogP contribution in [0.25, 0.3) is 11.1 Å². The van der Waals surface area contributed by atoms with Crippen molar-refractivity contribution in [1.82, 2.24) is 4.98 Å². The van der Waals surface area contributed by atoms with E-state index in [-0.39, 0.29) is 16.9 Å². The molecule has 0 bridgehead atoms. The van der Waals surface area contributed by atoms with Crippen LogP contribution in [0.3, 0.4) is 0 Å². The van der Waals surface area contributed by atoms with E-state index in [0.717, 1.165) is 4.90 Å². The average molecular weight is 373 g/mol. The molecule has 0 aliphatic rings. The Bertz CT molecular complexity index is 1080. The summed E-state index contributed by atoms with van der Waals surface area (Å²) in [4.78, 5) is 5.04. The lowest BCUT2D eigenvalue weighted by Gasteiger charge is -2.14. The summed E-state index contributed by atoms with van der Waals surface area (Å²) in [5, 5.41) is 19.8. The number of rotatable bonds is 4. The van der Waals surface area contributed by atoms with Crippen molar-refractivity contribution >= 4 is 23.3 Å². The predicted octanol–water partition coefficient (Wildman–Crippen LogP) is 3.82. The third-order valence-corrected chi connectivity index (χ3v) is 5.00. The quantitative estimate of drug-likeness (QED) is 0.667. The molecule has 1 aromatic heterocycles. The zero-order chi connectivity index (χ0) is 19.4. The number of nitrogens with two attached hydrogens (primary N) is 2. The summed E-state index contributed by atoms with van der Waals surface area (Å²) in [5.41, 5.74) is 14.2. The molecule has 2 aromatic carbocycles. The predicted molar refractivity (Wildman–Crippen MR) is 105 cm³/mol. The van der Waals surface area contributed by atoms with Gasteiger partial charge in [0.2, 0.25) is 0 Å². The fourth-order valence-electron chi connectivity index (χ4n) is 2.60. The van der Waals surface area contributed by atoms with E-state index >= 15 is 0 Å². The summed E-state index contributed by atoms with van der Waals surface area (Å²) in [6.07, 6.45) is 0. The van der Waals surface area contributed by atoms with Gasteiger partial charge in [-0.3, -0.25) is 0 Å². The van der Waals surface area contributed by atoms with Gasteiger partial charge in [-0.15, -0.1) is 0 Å². The fourth-order valence-corrected chi connectivity index (χ4v) is 3.53. The molecule has 0 saturated carbocycles. The minimum atomic E-state index is 0.0688. The summed E-state index contributed by atoms with van der Waals surface area (Å²) in [5.74, 6) is 0.740. The first-order valence-corrected chi connectivity index (χ1v) is 8.71. The number of nitriles is 2. The highest BCUT2D eigenvalue weighted by Crippen LogP contribution is 2.39. The second-order valence-electron chi connectivity index (χ2n) is 5.52. The lowest BCUT2D eigenvalue weighted by Crippen LogP contribution is -2.03. The molecule has 4 N–H and O–H groups in total. The minimum absolute atomic E-state index is 0.0688. The van der Waals surface area contributed by atoms with Gasteiger partial charge >= 0.3 is 0 Å². The van der Waals surface area contributed by atoms with Crippen LogP contribution in [0, 0.1) is 22.7 Å². The first-order valence-electron chi connectivity index (χ1n) is 7.89. The number of benzene rings is 2. The van der Waals surface area contributed by atoms with Crippen molar-refractivity contribution in [1.29, 1.82) is 10.5 Å². The van der Waals surface area contributed by atoms with E-state index in [4.69, 9.17) is 16.2 Å². The smallest absolute Gasteiger partial charge is 0.143 e. The molecule has 6 nitrogen and oxygen atoms in total. The van der Waals surface area contributed by atoms with E-state index in [2.05, 4.69) is 17.1 Å². The van der Waals surface area contributed by atoms with E-state index in [1.54, 1.807) is 37.4 Å². The highest BCUT2D eigenvalue weighted by atomic mass is 32.2. The van der Waals surface area contributed by atoms with Crippen molar-refractivity contribution in [2.45, 2.75) is 9.92 Å². The van der Waals surface area contributed by atoms with Crippen LogP contribution < -0.4 is 16.2 Å². The Morgan fingerprint density at radius 3 is 2.22 bits per heavy atom. The van der Waals surface area contributed by atoms with Crippen molar-refractivity contribution in [2.24, 2.45) is 0 Å². The topological polar surface area (TPSA) is 122 Å². The minimum Gasteiger partial charge on any atom is -0.497 e. The number of hydrogen-bond donors (Lipinski definition) is 2. The molecule has 3 rings (SSSR count). The second-order valence-corrected chi connectivity index (χ2v) is 6.55. The van der Waals surface area contributed by atoms with Crippen LogP contribution in [0.1, 0.15) is 11.1 Å². The number of pyridine rings is 1. The van der Waals surface area contributed by atoms with Crippen molar-refractivity contribution < 1.29 is 4.74 Å². The SMILES string of the molecule is COc1ccc(-c2c(C#N)c(N)nc(Sc3ccccc3N)c2C#N)cc1. The van der Waals surface area contributed by atoms with Gasteiger partial charge < -0.3 is 16.2 Å². The maximum atomic E-state index is 9.81. The van der Waals surface area contributed by atoms with E-state index < -0.39 is 0 Å². The molecular formula is C20H15N5OS. The Morgan fingerprint density at radius 2 is 1.63 bits per heavy atom. The van der Waals surface area contributed by atoms with Crippen LogP contribution in [0.15, 0.2) is 58.5 Å². The van der Waals surface area contributed by atoms with Gasteiger partial charge in [0.05, 0.1) is 12.7 Å². The normalized spacial score (nSPS) is 10.0. The number of ether oxygens (including phenoxy) is 1. The molecule has 132 valence electrons. The number of nitrogens with zero attached hydrogens (tertiary/aromatic N) is 3. The number of methoxy groups -OCH3 is 1. The zero-order valence-electron chi connectivity index (χ0n) is 14.4. The monoisotopic (exact) mass is 373 g/mol. The maximum absolute atomic E-state index is 9.81. The van der Waals surface area contributed by atoms with Crippen LogP contribution >= 0.6 is 11.8 Å². The van der Waals surface area contributed by atoms with E-state index in [0.29, 0.717) is 27.6 Å². The molecule has 0 radical (unpaired) electrons. The van der Waals surface area contributed by atoms with Gasteiger partial charge in [-0.05, 0) is 29.8 Å². The first-order chi connectivity index (χ1) is 13.1. The van der Waals surface area contributed by atoms with E-state index in [1.165, 1.54) is 11.8 Å². The third kappa shape index (κ3) is 3.50. The van der Waals surface area contributed by atoms with Crippen LogP contribution in [0.4, 0.5) is 11.5 Å². The average Bonchev–Trinajstić information content (AvgIpc) is 2.69. The maximum Gasteiger partial charge on any atom is 0.143 e. The summed E-state index contributed by atoms with van der Waals surface area (Å²) in [6.45, 7) is 0. The summed E-state index contributed by atoms with van der Waals surface area (Å²) in [7, 11) is 1.57. The van der Waals surface area contributed by atoms with Crippen LogP contribution in [0.5, 0.6) is 5.75 Å². The second kappa shape index (κ2) is 7.69. The standard InChI is InChI=1S/C20H15N5OS/c1-26-13-8-6-12(7-9-13)18-14(10-21)19(24)25-20(15(18)11-22)27-17-5-3-2-4-16(17)23/h2-9H,23H2,1H3,(H2,24,25). The molecule has 0 aliphatic carbocycles. The lowest BCUT2D eigenvalue weighted by molar-refractivity contribution is 0.415. The molecule has 27 heavy (non-hydrogen) atoms. The molecule has 7 heteroatoms. The van der Waals surface area contributed by atoms with Gasteiger partial charge in [-0.2, -0.15) is 10.5 Å². The summed E-state index contributed by atoms with van der Waals surface area (Å²) < 4.78 is 5.17. The molecule has 3 aromatic rings. The van der Waals surface area contributed by atoms with Gasteiger partial charge in [0.25, 0.3) is 0 Å². The third-order valence-electron chi connectivity index (χ3n) is 3.92. The van der Waals surface area contributed by atoms with Crippen molar-refractivity contribution in [3.8, 4) is 29.0 Å². The Balaban J connectivity index is 2.22. The van der Waals surface area contributed by atoms with Gasteiger partial charge in [0.15, 0.2) is 0 Å². The number of para-hydroxylation sites is 1. The Labute approximate surface area is 161 Å². The van der Waals surface area contributed by atoms with Crippen molar-refractivity contribution in [3.05, 3.63) is 59.7 Å². The van der Waals surface area contributed by atoms with Gasteiger partial charge in [-0.1, -0.05) is 36.0 Å². The molecule has 0 aliphatic heterocycles. The largest absolute Gasteiger partial charge is 0.497 e. The molecule has 0 saturated heterocycles. The number of nitrogen functional groups attached to an aromatic ring is 2. The molecule has 1 heterocycles. The fraction of sp³-hybridized carbons (Fsp3) is 0.0500. The van der Waals surface area contributed by atoms with E-state index in [1.807, 2.05) is 18.2 Å². The number of aromatic nitrogens is 1. The first kappa shape index (κ1) is 18.1. The van der Waals surface area contributed by atoms with Gasteiger partial charge in [0.1, 0.15) is 34.3 Å². The highest BCUT2D eigenvalue weighted by Gasteiger charge is 2.21. The zero-order valence-corrected chi connectivity index (χ0v) is 15.2. The van der Waals surface area contributed by atoms with Gasteiger partial charge in [0, 0.05) is 16.1 Å². The van der Waals surface area contributed by atoms with Crippen LogP contribution in [0.2, 0.25) is 0 Å². The summed E-state index contributed by atoms with van der Waals surface area (Å²) in [6, 6.07) is 18.6. The number of hydrogen-bond acceptors (Lipinski definition) is 7. The Morgan fingerprint density at radius 1 is 0.963 bits per heavy atom. The highest BCUT2D eigenvalue weighted by molar-refractivity contribution is 7.99. The number of anilines is 2. The van der Waals surface area contributed by atoms with Crippen LogP contribution in [-0.4, -0.2) is 12.1 Å².